The molecule has 2 N–H and O–H groups in total. The molecule has 1 aromatic rings. The molecule has 4 nitrogen and oxygen atoms in total. The summed E-state index contributed by atoms with van der Waals surface area (Å²) < 4.78 is 7.85. The van der Waals surface area contributed by atoms with Gasteiger partial charge in [-0.05, 0) is 19.8 Å². The highest BCUT2D eigenvalue weighted by atomic mass is 16.5. The van der Waals surface area contributed by atoms with Crippen LogP contribution in [0.1, 0.15) is 51.7 Å². The third-order valence-corrected chi connectivity index (χ3v) is 2.99. The lowest BCUT2D eigenvalue weighted by molar-refractivity contribution is -0.0222. The predicted octanol–water partition coefficient (Wildman–Crippen LogP) is 2.40. The summed E-state index contributed by atoms with van der Waals surface area (Å²) in [5.41, 5.74) is 7.21. The van der Waals surface area contributed by atoms with Crippen molar-refractivity contribution in [1.82, 2.24) is 9.78 Å². The van der Waals surface area contributed by atoms with E-state index < -0.39 is 0 Å². The van der Waals surface area contributed by atoms with E-state index in [-0.39, 0.29) is 18.2 Å². The fraction of sp³-hybridized carbons (Fsp3) is 0.769. The topological polar surface area (TPSA) is 53.1 Å². The zero-order chi connectivity index (χ0) is 12.8. The van der Waals surface area contributed by atoms with Gasteiger partial charge in [0.1, 0.15) is 6.10 Å². The maximum absolute atomic E-state index is 6.14. The Morgan fingerprint density at radius 1 is 1.47 bits per heavy atom. The molecule has 1 heterocycles. The minimum atomic E-state index is -0.0461. The van der Waals surface area contributed by atoms with Crippen LogP contribution >= 0.6 is 0 Å². The lowest BCUT2D eigenvalue weighted by Gasteiger charge is -2.26. The molecule has 17 heavy (non-hydrogen) atoms. The number of aromatic nitrogens is 2. The Kier molecular flexibility index (Phi) is 5.65. The van der Waals surface area contributed by atoms with Crippen molar-refractivity contribution < 1.29 is 4.74 Å². The third kappa shape index (κ3) is 4.13. The van der Waals surface area contributed by atoms with Gasteiger partial charge in [-0.25, -0.2) is 0 Å². The highest BCUT2D eigenvalue weighted by molar-refractivity contribution is 5.10. The molecule has 0 saturated heterocycles. The molecule has 0 fully saturated rings. The number of hydrogen-bond acceptors (Lipinski definition) is 3. The van der Waals surface area contributed by atoms with Crippen molar-refractivity contribution in [2.24, 2.45) is 12.8 Å². The molecule has 0 spiro atoms. The summed E-state index contributed by atoms with van der Waals surface area (Å²) in [6.07, 6.45) is 7.11. The SMILES string of the molecule is CCCC(C)OC(c1cnn(C)c1)C(N)CC. The number of hydrogen-bond donors (Lipinski definition) is 1. The molecule has 0 aromatic carbocycles. The van der Waals surface area contributed by atoms with Gasteiger partial charge in [0.25, 0.3) is 0 Å². The molecule has 0 aliphatic rings. The van der Waals surface area contributed by atoms with E-state index in [4.69, 9.17) is 10.5 Å². The van der Waals surface area contributed by atoms with Gasteiger partial charge >= 0.3 is 0 Å². The van der Waals surface area contributed by atoms with E-state index in [1.165, 1.54) is 0 Å². The molecule has 0 bridgehead atoms. The third-order valence-electron chi connectivity index (χ3n) is 2.99. The molecule has 0 saturated carbocycles. The van der Waals surface area contributed by atoms with E-state index in [0.29, 0.717) is 0 Å². The standard InChI is InChI=1S/C13H25N3O/c1-5-7-10(3)17-13(12(14)6-2)11-8-15-16(4)9-11/h8-10,12-13H,5-7,14H2,1-4H3. The minimum absolute atomic E-state index is 0.0264. The first-order chi connectivity index (χ1) is 8.08. The fourth-order valence-corrected chi connectivity index (χ4v) is 1.95. The number of ether oxygens (including phenoxy) is 1. The van der Waals surface area contributed by atoms with Gasteiger partial charge in [0.15, 0.2) is 0 Å². The molecule has 3 unspecified atom stereocenters. The molecule has 0 amide bonds. The van der Waals surface area contributed by atoms with E-state index in [2.05, 4.69) is 25.9 Å². The molecule has 0 aliphatic carbocycles. The Morgan fingerprint density at radius 2 is 2.18 bits per heavy atom. The summed E-state index contributed by atoms with van der Waals surface area (Å²) in [6, 6.07) is 0.0264. The second-order valence-corrected chi connectivity index (χ2v) is 4.68. The molecule has 1 aromatic heterocycles. The van der Waals surface area contributed by atoms with E-state index in [1.807, 2.05) is 19.4 Å². The first kappa shape index (κ1) is 14.2. The highest BCUT2D eigenvalue weighted by Crippen LogP contribution is 2.24. The summed E-state index contributed by atoms with van der Waals surface area (Å²) in [4.78, 5) is 0. The largest absolute Gasteiger partial charge is 0.369 e. The van der Waals surface area contributed by atoms with E-state index in [9.17, 15) is 0 Å². The van der Waals surface area contributed by atoms with Gasteiger partial charge in [-0.3, -0.25) is 4.68 Å². The Hall–Kier alpha value is -0.870. The second kappa shape index (κ2) is 6.77. The van der Waals surface area contributed by atoms with Crippen LogP contribution in [0.15, 0.2) is 12.4 Å². The molecular formula is C13H25N3O. The maximum Gasteiger partial charge on any atom is 0.101 e. The smallest absolute Gasteiger partial charge is 0.101 e. The number of nitrogens with zero attached hydrogens (tertiary/aromatic N) is 2. The summed E-state index contributed by atoms with van der Waals surface area (Å²) in [5.74, 6) is 0. The van der Waals surface area contributed by atoms with Gasteiger partial charge in [-0.1, -0.05) is 20.3 Å². The fourth-order valence-electron chi connectivity index (χ4n) is 1.95. The van der Waals surface area contributed by atoms with Gasteiger partial charge in [0.05, 0.1) is 12.3 Å². The van der Waals surface area contributed by atoms with Gasteiger partial charge < -0.3 is 10.5 Å². The van der Waals surface area contributed by atoms with Crippen LogP contribution in [-0.4, -0.2) is 21.9 Å². The Bertz CT molecular complexity index is 324. The molecule has 4 heteroatoms. The van der Waals surface area contributed by atoms with Gasteiger partial charge in [-0.15, -0.1) is 0 Å². The van der Waals surface area contributed by atoms with Crippen LogP contribution in [0.5, 0.6) is 0 Å². The van der Waals surface area contributed by atoms with Gasteiger partial charge in [0.2, 0.25) is 0 Å². The summed E-state index contributed by atoms with van der Waals surface area (Å²) in [7, 11) is 1.91. The number of aryl methyl sites for hydroxylation is 1. The number of rotatable bonds is 7. The molecule has 98 valence electrons. The first-order valence-electron chi connectivity index (χ1n) is 6.48. The highest BCUT2D eigenvalue weighted by Gasteiger charge is 2.22. The monoisotopic (exact) mass is 239 g/mol. The van der Waals surface area contributed by atoms with Crippen LogP contribution in [0.2, 0.25) is 0 Å². The quantitative estimate of drug-likeness (QED) is 0.795. The van der Waals surface area contributed by atoms with Crippen molar-refractivity contribution in [1.29, 1.82) is 0 Å². The van der Waals surface area contributed by atoms with Crippen molar-refractivity contribution in [3.05, 3.63) is 18.0 Å². The summed E-state index contributed by atoms with van der Waals surface area (Å²) in [6.45, 7) is 6.36. The van der Waals surface area contributed by atoms with Crippen molar-refractivity contribution >= 4 is 0 Å². The van der Waals surface area contributed by atoms with E-state index in [0.717, 1.165) is 24.8 Å². The molecular weight excluding hydrogens is 214 g/mol. The Balaban J connectivity index is 2.74. The van der Waals surface area contributed by atoms with Crippen LogP contribution in [0, 0.1) is 0 Å². The summed E-state index contributed by atoms with van der Waals surface area (Å²) in [5, 5.41) is 4.19. The van der Waals surface area contributed by atoms with Gasteiger partial charge in [-0.2, -0.15) is 5.10 Å². The molecule has 1 rings (SSSR count). The Morgan fingerprint density at radius 3 is 2.65 bits per heavy atom. The second-order valence-electron chi connectivity index (χ2n) is 4.68. The molecule has 3 atom stereocenters. The lowest BCUT2D eigenvalue weighted by Crippen LogP contribution is -2.31. The normalized spacial score (nSPS) is 16.8. The van der Waals surface area contributed by atoms with Crippen LogP contribution < -0.4 is 5.73 Å². The molecule has 0 radical (unpaired) electrons. The summed E-state index contributed by atoms with van der Waals surface area (Å²) >= 11 is 0. The maximum atomic E-state index is 6.14. The Labute approximate surface area is 104 Å². The van der Waals surface area contributed by atoms with Crippen LogP contribution in [0.25, 0.3) is 0 Å². The first-order valence-corrected chi connectivity index (χ1v) is 6.48. The van der Waals surface area contributed by atoms with E-state index in [1.54, 1.807) is 4.68 Å². The van der Waals surface area contributed by atoms with Gasteiger partial charge in [0, 0.05) is 24.8 Å². The average Bonchev–Trinajstić information content (AvgIpc) is 2.72. The minimum Gasteiger partial charge on any atom is -0.369 e. The van der Waals surface area contributed by atoms with Crippen molar-refractivity contribution in [3.63, 3.8) is 0 Å². The zero-order valence-electron chi connectivity index (χ0n) is 11.4. The molecule has 0 aliphatic heterocycles. The zero-order valence-corrected chi connectivity index (χ0v) is 11.4. The van der Waals surface area contributed by atoms with Crippen LogP contribution in [-0.2, 0) is 11.8 Å². The van der Waals surface area contributed by atoms with Crippen molar-refractivity contribution in [3.8, 4) is 0 Å². The lowest BCUT2D eigenvalue weighted by atomic mass is 10.0. The predicted molar refractivity (Wildman–Crippen MR) is 69.7 cm³/mol. The number of nitrogens with two attached hydrogens (primary N) is 1. The average molecular weight is 239 g/mol. The van der Waals surface area contributed by atoms with Crippen LogP contribution in [0.3, 0.4) is 0 Å². The van der Waals surface area contributed by atoms with Crippen molar-refractivity contribution in [2.75, 3.05) is 0 Å². The van der Waals surface area contributed by atoms with Crippen molar-refractivity contribution in [2.45, 2.75) is 58.3 Å². The van der Waals surface area contributed by atoms with Crippen LogP contribution in [0.4, 0.5) is 0 Å². The van der Waals surface area contributed by atoms with E-state index >= 15 is 0 Å².